The van der Waals surface area contributed by atoms with Gasteiger partial charge in [-0.2, -0.15) is 0 Å². The van der Waals surface area contributed by atoms with Gasteiger partial charge in [-0.25, -0.2) is 4.98 Å². The summed E-state index contributed by atoms with van der Waals surface area (Å²) < 4.78 is 1.32. The quantitative estimate of drug-likeness (QED) is 0.761. The van der Waals surface area contributed by atoms with Gasteiger partial charge < -0.3 is 4.98 Å². The van der Waals surface area contributed by atoms with E-state index in [9.17, 15) is 4.79 Å². The molecule has 4 rings (SSSR count). The first-order valence-electron chi connectivity index (χ1n) is 8.72. The van der Waals surface area contributed by atoms with E-state index >= 15 is 0 Å². The Bertz CT molecular complexity index is 948. The van der Waals surface area contributed by atoms with Crippen LogP contribution in [0.5, 0.6) is 0 Å². The molecule has 1 aliphatic heterocycles. The maximum atomic E-state index is 12.6. The fourth-order valence-electron chi connectivity index (χ4n) is 3.31. The van der Waals surface area contributed by atoms with Crippen molar-refractivity contribution in [2.24, 2.45) is 0 Å². The molecule has 5 heteroatoms. The topological polar surface area (TPSA) is 49.0 Å². The summed E-state index contributed by atoms with van der Waals surface area (Å²) in [4.78, 5) is 24.0. The first-order valence-corrected chi connectivity index (χ1v) is 9.54. The maximum Gasteiger partial charge on any atom is 0.255 e. The van der Waals surface area contributed by atoms with E-state index in [2.05, 4.69) is 61.0 Å². The van der Waals surface area contributed by atoms with E-state index in [-0.39, 0.29) is 11.0 Å². The Morgan fingerprint density at radius 3 is 2.84 bits per heavy atom. The molecule has 130 valence electrons. The van der Waals surface area contributed by atoms with E-state index in [0.717, 1.165) is 36.6 Å². The number of rotatable bonds is 2. The summed E-state index contributed by atoms with van der Waals surface area (Å²) in [7, 11) is 0. The first kappa shape index (κ1) is 16.5. The van der Waals surface area contributed by atoms with Crippen molar-refractivity contribution in [2.75, 3.05) is 6.54 Å². The van der Waals surface area contributed by atoms with Gasteiger partial charge in [0.2, 0.25) is 0 Å². The number of thiophene rings is 1. The van der Waals surface area contributed by atoms with Crippen LogP contribution in [-0.4, -0.2) is 21.4 Å². The molecule has 0 radical (unpaired) electrons. The molecule has 3 heterocycles. The number of fused-ring (bicyclic) bond motifs is 2. The molecule has 0 aliphatic carbocycles. The number of benzene rings is 1. The Hall–Kier alpha value is -1.98. The lowest BCUT2D eigenvalue weighted by Gasteiger charge is -2.28. The summed E-state index contributed by atoms with van der Waals surface area (Å²) in [5, 5.41) is 1.30. The van der Waals surface area contributed by atoms with Crippen LogP contribution in [0.25, 0.3) is 10.1 Å². The largest absolute Gasteiger partial charge is 0.310 e. The number of hydrogen-bond donors (Lipinski definition) is 1. The molecule has 0 atom stereocenters. The Labute approximate surface area is 151 Å². The minimum atomic E-state index is -0.137. The highest BCUT2D eigenvalue weighted by Gasteiger charge is 2.25. The SMILES string of the molecule is CC(C)(C)c1nc2c(c(=O)[nH]1)CN(Cc1cc3ccccc3s1)CC2. The number of aromatic nitrogens is 2. The highest BCUT2D eigenvalue weighted by atomic mass is 32.1. The predicted octanol–water partition coefficient (Wildman–Crippen LogP) is 3.84. The standard InChI is InChI=1S/C20H23N3OS/c1-20(2,3)19-21-16-8-9-23(12-15(16)18(24)22-19)11-14-10-13-6-4-5-7-17(13)25-14/h4-7,10H,8-9,11-12H2,1-3H3,(H,21,22,24). The van der Waals surface area contributed by atoms with Gasteiger partial charge in [0.05, 0.1) is 11.3 Å². The van der Waals surface area contributed by atoms with Crippen molar-refractivity contribution in [2.45, 2.75) is 45.7 Å². The third kappa shape index (κ3) is 3.26. The van der Waals surface area contributed by atoms with Gasteiger partial charge in [-0.05, 0) is 17.5 Å². The summed E-state index contributed by atoms with van der Waals surface area (Å²) in [6, 6.07) is 10.7. The fraction of sp³-hybridized carbons (Fsp3) is 0.400. The number of nitrogens with zero attached hydrogens (tertiary/aromatic N) is 2. The number of hydrogen-bond acceptors (Lipinski definition) is 4. The molecule has 2 aromatic heterocycles. The van der Waals surface area contributed by atoms with Crippen LogP contribution in [0.4, 0.5) is 0 Å². The van der Waals surface area contributed by atoms with Gasteiger partial charge in [0.1, 0.15) is 5.82 Å². The van der Waals surface area contributed by atoms with E-state index in [1.165, 1.54) is 15.0 Å². The van der Waals surface area contributed by atoms with E-state index < -0.39 is 0 Å². The van der Waals surface area contributed by atoms with Crippen LogP contribution in [0.2, 0.25) is 0 Å². The van der Waals surface area contributed by atoms with Crippen LogP contribution in [-0.2, 0) is 24.9 Å². The average molecular weight is 353 g/mol. The molecule has 1 aromatic carbocycles. The first-order chi connectivity index (χ1) is 11.9. The molecule has 1 N–H and O–H groups in total. The minimum Gasteiger partial charge on any atom is -0.310 e. The summed E-state index contributed by atoms with van der Waals surface area (Å²) in [6.07, 6.45) is 0.841. The summed E-state index contributed by atoms with van der Waals surface area (Å²) in [5.41, 5.74) is 1.69. The summed E-state index contributed by atoms with van der Waals surface area (Å²) in [6.45, 7) is 8.74. The van der Waals surface area contributed by atoms with Crippen LogP contribution in [0, 0.1) is 0 Å². The van der Waals surface area contributed by atoms with Crippen molar-refractivity contribution < 1.29 is 0 Å². The van der Waals surface area contributed by atoms with Crippen molar-refractivity contribution in [1.29, 1.82) is 0 Å². The van der Waals surface area contributed by atoms with E-state index in [0.29, 0.717) is 6.54 Å². The lowest BCUT2D eigenvalue weighted by molar-refractivity contribution is 0.243. The molecule has 0 unspecified atom stereocenters. The predicted molar refractivity (Wildman–Crippen MR) is 103 cm³/mol. The molecule has 0 bridgehead atoms. The summed E-state index contributed by atoms with van der Waals surface area (Å²) in [5.74, 6) is 0.786. The molecular weight excluding hydrogens is 330 g/mol. The van der Waals surface area contributed by atoms with E-state index in [1.54, 1.807) is 0 Å². The van der Waals surface area contributed by atoms with Crippen molar-refractivity contribution >= 4 is 21.4 Å². The second-order valence-corrected chi connectivity index (χ2v) is 8.97. The van der Waals surface area contributed by atoms with Crippen molar-refractivity contribution in [3.8, 4) is 0 Å². The van der Waals surface area contributed by atoms with Crippen molar-refractivity contribution in [3.63, 3.8) is 0 Å². The Morgan fingerprint density at radius 1 is 1.28 bits per heavy atom. The molecule has 0 saturated heterocycles. The molecule has 0 fully saturated rings. The molecule has 3 aromatic rings. The van der Waals surface area contributed by atoms with E-state index in [1.807, 2.05) is 11.3 Å². The van der Waals surface area contributed by atoms with Gasteiger partial charge in [0.15, 0.2) is 0 Å². The Kier molecular flexibility index (Phi) is 4.01. The normalized spacial score (nSPS) is 15.5. The molecule has 0 saturated carbocycles. The Balaban J connectivity index is 1.57. The third-order valence-corrected chi connectivity index (χ3v) is 5.81. The second-order valence-electron chi connectivity index (χ2n) is 7.80. The van der Waals surface area contributed by atoms with Gasteiger partial charge >= 0.3 is 0 Å². The van der Waals surface area contributed by atoms with Crippen LogP contribution in [0.15, 0.2) is 35.1 Å². The zero-order valence-corrected chi connectivity index (χ0v) is 15.7. The van der Waals surface area contributed by atoms with Gasteiger partial charge in [0, 0.05) is 41.0 Å². The van der Waals surface area contributed by atoms with E-state index in [4.69, 9.17) is 4.98 Å². The van der Waals surface area contributed by atoms with Crippen molar-refractivity contribution in [1.82, 2.24) is 14.9 Å². The molecule has 0 amide bonds. The van der Waals surface area contributed by atoms with Gasteiger partial charge in [0.25, 0.3) is 5.56 Å². The number of nitrogens with one attached hydrogen (secondary N) is 1. The van der Waals surface area contributed by atoms with Gasteiger partial charge in [-0.15, -0.1) is 11.3 Å². The number of aromatic amines is 1. The Morgan fingerprint density at radius 2 is 2.08 bits per heavy atom. The van der Waals surface area contributed by atoms with Crippen LogP contribution < -0.4 is 5.56 Å². The monoisotopic (exact) mass is 353 g/mol. The number of H-pyrrole nitrogens is 1. The van der Waals surface area contributed by atoms with Crippen LogP contribution in [0.3, 0.4) is 0 Å². The third-order valence-electron chi connectivity index (χ3n) is 4.71. The van der Waals surface area contributed by atoms with Gasteiger partial charge in [-0.3, -0.25) is 9.69 Å². The second kappa shape index (κ2) is 6.07. The maximum absolute atomic E-state index is 12.6. The van der Waals surface area contributed by atoms with Gasteiger partial charge in [-0.1, -0.05) is 39.0 Å². The molecule has 1 aliphatic rings. The summed E-state index contributed by atoms with van der Waals surface area (Å²) >= 11 is 1.84. The fourth-order valence-corrected chi connectivity index (χ4v) is 4.41. The molecule has 4 nitrogen and oxygen atoms in total. The zero-order valence-electron chi connectivity index (χ0n) is 14.9. The smallest absolute Gasteiger partial charge is 0.255 e. The lowest BCUT2D eigenvalue weighted by atomic mass is 9.95. The zero-order chi connectivity index (χ0) is 17.6. The lowest BCUT2D eigenvalue weighted by Crippen LogP contribution is -2.36. The average Bonchev–Trinajstić information content (AvgIpc) is 2.96. The highest BCUT2D eigenvalue weighted by molar-refractivity contribution is 7.19. The van der Waals surface area contributed by atoms with Crippen molar-refractivity contribution in [3.05, 3.63) is 62.6 Å². The highest BCUT2D eigenvalue weighted by Crippen LogP contribution is 2.28. The van der Waals surface area contributed by atoms with Crippen LogP contribution >= 0.6 is 11.3 Å². The van der Waals surface area contributed by atoms with Crippen LogP contribution in [0.1, 0.15) is 42.7 Å². The molecular formula is C20H23N3OS. The molecule has 0 spiro atoms. The minimum absolute atomic E-state index is 0.0240. The molecule has 25 heavy (non-hydrogen) atoms.